The number of rotatable bonds is 8. The van der Waals surface area contributed by atoms with Gasteiger partial charge in [-0.3, -0.25) is 0 Å². The summed E-state index contributed by atoms with van der Waals surface area (Å²) >= 11 is 2.52. The molecule has 0 unspecified atom stereocenters. The van der Waals surface area contributed by atoms with Gasteiger partial charge in [-0.25, -0.2) is 0 Å². The summed E-state index contributed by atoms with van der Waals surface area (Å²) in [5.41, 5.74) is 24.1. The zero-order valence-corrected chi connectivity index (χ0v) is 55.4. The van der Waals surface area contributed by atoms with Crippen molar-refractivity contribution in [3.63, 3.8) is 0 Å². The van der Waals surface area contributed by atoms with Gasteiger partial charge in [0, 0.05) is 15.9 Å². The van der Waals surface area contributed by atoms with E-state index < -0.39 is 12.3 Å². The predicted molar refractivity (Wildman–Crippen MR) is 376 cm³/mol. The quantitative estimate of drug-likeness (QED) is 0.142. The Balaban J connectivity index is 0.888. The molecular weight excluding hydrogens is 1300 g/mol. The van der Waals surface area contributed by atoms with Crippen LogP contribution in [0.1, 0.15) is 111 Å². The third-order valence-electron chi connectivity index (χ3n) is 19.1. The zero-order valence-electron chi connectivity index (χ0n) is 56.1. The molecule has 11 aromatic carbocycles. The van der Waals surface area contributed by atoms with Crippen LogP contribution in [0.2, 0.25) is 0 Å². The molecule has 452 valence electrons. The molecule has 0 amide bonds. The number of ether oxygens (including phenoxy) is 1. The molecule has 0 bridgehead atoms. The van der Waals surface area contributed by atoms with Crippen molar-refractivity contribution in [2.24, 2.45) is 0 Å². The van der Waals surface area contributed by atoms with Crippen molar-refractivity contribution in [2.75, 3.05) is 0 Å². The van der Waals surface area contributed by atoms with Crippen molar-refractivity contribution in [3.05, 3.63) is 303 Å². The second-order valence-corrected chi connectivity index (χ2v) is 28.9. The predicted octanol–water partition coefficient (Wildman–Crippen LogP) is 21.9. The number of pyridine rings is 1. The molecule has 16 rings (SSSR count). The van der Waals surface area contributed by atoms with Crippen LogP contribution in [0.5, 0.6) is 11.5 Å². The van der Waals surface area contributed by atoms with E-state index in [4.69, 9.17) is 13.8 Å². The Morgan fingerprint density at radius 3 is 1.53 bits per heavy atom. The number of hydrogen-bond acceptors (Lipinski definition) is 2. The van der Waals surface area contributed by atoms with Gasteiger partial charge < -0.3 is 0 Å². The molecule has 6 heteroatoms. The topological polar surface area (TPSA) is 36.9 Å². The van der Waals surface area contributed by atoms with Crippen LogP contribution < -0.4 is 4.74 Å². The Morgan fingerprint density at radius 1 is 0.413 bits per heavy atom. The first-order valence-electron chi connectivity index (χ1n) is 33.3. The molecule has 0 radical (unpaired) electrons. The normalized spacial score (nSPS) is 13.9. The minimum absolute atomic E-state index is 0.103. The van der Waals surface area contributed by atoms with Gasteiger partial charge in [-0.1, -0.05) is 103 Å². The Bertz CT molecular complexity index is 5460. The van der Waals surface area contributed by atoms with E-state index >= 15 is 0 Å². The summed E-state index contributed by atoms with van der Waals surface area (Å²) in [6, 6.07) is 91.8. The van der Waals surface area contributed by atoms with Crippen molar-refractivity contribution in [2.45, 2.75) is 90.8 Å². The van der Waals surface area contributed by atoms with Crippen LogP contribution in [0.4, 0.5) is 0 Å². The summed E-state index contributed by atoms with van der Waals surface area (Å²) in [4.78, 5) is 5.21. The van der Waals surface area contributed by atoms with E-state index in [-0.39, 0.29) is 21.8 Å². The molecule has 0 fully saturated rings. The molecule has 3 heterocycles. The number of fused-ring (bicyclic) bond motifs is 14. The van der Waals surface area contributed by atoms with Crippen LogP contribution in [-0.4, -0.2) is 18.7 Å². The summed E-state index contributed by atoms with van der Waals surface area (Å²) in [5.74, 6) is 1.42. The summed E-state index contributed by atoms with van der Waals surface area (Å²) in [7, 11) is 0. The summed E-state index contributed by atoms with van der Waals surface area (Å²) in [6.45, 7) is 18.3. The van der Waals surface area contributed by atoms with Gasteiger partial charge >= 0.3 is 371 Å². The van der Waals surface area contributed by atoms with Crippen molar-refractivity contribution in [1.82, 2.24) is 18.7 Å². The van der Waals surface area contributed by atoms with Crippen LogP contribution >= 0.6 is 0 Å². The fourth-order valence-corrected chi connectivity index (χ4v) is 15.6. The Kier molecular flexibility index (Phi) is 12.5. The Hall–Kier alpha value is -9.67. The Morgan fingerprint density at radius 2 is 0.935 bits per heavy atom. The number of imidazole rings is 1. The number of aryl methyl sites for hydroxylation is 1. The number of aromatic nitrogens is 4. The molecule has 14 aromatic rings. The van der Waals surface area contributed by atoms with Gasteiger partial charge in [-0.05, 0) is 62.5 Å². The second-order valence-electron chi connectivity index (χ2n) is 27.9. The summed E-state index contributed by atoms with van der Waals surface area (Å²) in [5, 5.41) is 1.90. The van der Waals surface area contributed by atoms with E-state index in [9.17, 15) is 0 Å². The summed E-state index contributed by atoms with van der Waals surface area (Å²) in [6.07, 6.45) is 1.71. The fourth-order valence-electron chi connectivity index (χ4n) is 14.5. The number of nitrogens with zero attached hydrogens (tertiary/aromatic N) is 4. The van der Waals surface area contributed by atoms with E-state index in [1.165, 1.54) is 55.6 Å². The van der Waals surface area contributed by atoms with Crippen LogP contribution in [0.15, 0.2) is 243 Å². The second kappa shape index (κ2) is 21.2. The molecule has 5 nitrogen and oxygen atoms in total. The van der Waals surface area contributed by atoms with E-state index in [2.05, 4.69) is 289 Å². The molecule has 92 heavy (non-hydrogen) atoms. The molecule has 1 spiro atoms. The maximum atomic E-state index is 9.01. The van der Waals surface area contributed by atoms with Gasteiger partial charge in [0.25, 0.3) is 0 Å². The average molecular weight is 1370 g/mol. The van der Waals surface area contributed by atoms with Gasteiger partial charge in [0.1, 0.15) is 0 Å². The fraction of sp³-hybridized carbons (Fsp3) is 0.163. The van der Waals surface area contributed by atoms with Crippen LogP contribution in [0.3, 0.4) is 0 Å². The van der Waals surface area contributed by atoms with Crippen molar-refractivity contribution in [3.8, 4) is 84.3 Å². The molecule has 2 aliphatic carbocycles. The van der Waals surface area contributed by atoms with Crippen molar-refractivity contribution in [1.29, 1.82) is 0 Å². The van der Waals surface area contributed by atoms with Crippen LogP contribution in [-0.2, 0) is 41.0 Å². The van der Waals surface area contributed by atoms with Crippen LogP contribution in [0.25, 0.3) is 106 Å². The first-order valence-corrected chi connectivity index (χ1v) is 32.9. The van der Waals surface area contributed by atoms with Crippen LogP contribution in [0, 0.1) is 22.8 Å². The molecule has 3 aromatic heterocycles. The van der Waals surface area contributed by atoms with Gasteiger partial charge in [0.15, 0.2) is 0 Å². The first kappa shape index (κ1) is 54.1. The van der Waals surface area contributed by atoms with Crippen molar-refractivity contribution >= 4 is 32.8 Å². The third-order valence-corrected chi connectivity index (χ3v) is 20.2. The van der Waals surface area contributed by atoms with E-state index in [1.54, 1.807) is 12.3 Å². The minimum atomic E-state index is -2.47. The van der Waals surface area contributed by atoms with Gasteiger partial charge in [-0.15, -0.1) is 0 Å². The molecule has 0 N–H and O–H groups in total. The standard InChI is InChI=1S/C86H70N4O.Pt/c1-54-42-81(87-52-72(54)56-28-15-12-16-29-56)90-79-49-63(40-41-67(79)71-50-70-66-34-19-22-37-75(66)86(76(70)51-80(71)90)73-35-20-17-32-64(73)65-33-18-21-36-74(65)86)91-62-31-25-30-61(48-62)88-53-89(78-39-24-23-38-77(78)88)82-68(55-26-13-11-14-27-55)46-60(85(8,9)10)47-69(82)57-43-58(83(2,3)4)45-59(44-57)84(5,6)7;/h11-47,50-52H,1-10H3;/q-2;/i1D3;. The molecule has 0 aliphatic heterocycles. The van der Waals surface area contributed by atoms with E-state index in [1.807, 2.05) is 48.5 Å². The average Bonchev–Trinajstić information content (AvgIpc) is 1.51. The molecular formula is C86H70N4OPt-2. The smallest absolute Gasteiger partial charge is 0.0622 e. The summed E-state index contributed by atoms with van der Waals surface area (Å²) < 4.78 is 41.8. The molecule has 2 aliphatic rings. The minimum Gasteiger partial charge on any atom is -0.0622 e. The van der Waals surface area contributed by atoms with Gasteiger partial charge in [0.2, 0.25) is 0 Å². The van der Waals surface area contributed by atoms with Gasteiger partial charge in [-0.2, -0.15) is 0 Å². The number of para-hydroxylation sites is 2. The SMILES string of the molecule is [2H]C([2H])([2H])c1cc(-n2c3[c-]c(Oc4[c-]c(-n5[c](=[Pt])n(-c6c(-c7ccccc7)cc(C(C)(C)C)cc6-c6cc(C(C)(C)C)cc(C(C)(C)C)c6)c6ccccc65)ccc4)ccc3c3cc4c(cc32)C2(c3ccccc3-c3ccccc32)c2ccccc2-4)ncc1-c1ccccc1. The molecule has 0 atom stereocenters. The van der Waals surface area contributed by atoms with E-state index in [0.29, 0.717) is 28.4 Å². The van der Waals surface area contributed by atoms with Gasteiger partial charge in [0.05, 0.1) is 5.41 Å². The first-order chi connectivity index (χ1) is 45.6. The number of hydrogen-bond donors (Lipinski definition) is 0. The monoisotopic (exact) mass is 1370 g/mol. The van der Waals surface area contributed by atoms with Crippen molar-refractivity contribution < 1.29 is 28.2 Å². The zero-order chi connectivity index (χ0) is 65.7. The third kappa shape index (κ3) is 9.05. The molecule has 0 saturated carbocycles. The number of benzene rings is 11. The molecule has 0 saturated heterocycles. The Labute approximate surface area is 554 Å². The van der Waals surface area contributed by atoms with E-state index in [0.717, 1.165) is 75.9 Å². The maximum absolute atomic E-state index is 9.01.